The van der Waals surface area contributed by atoms with Gasteiger partial charge in [0.2, 0.25) is 0 Å². The SMILES string of the molecule is COc1ccc(OCCN2CCC(OCCN)CC2)cc1. The second-order valence-electron chi connectivity index (χ2n) is 5.22. The topological polar surface area (TPSA) is 57.0 Å². The highest BCUT2D eigenvalue weighted by Gasteiger charge is 2.19. The Morgan fingerprint density at radius 3 is 2.38 bits per heavy atom. The fourth-order valence-electron chi connectivity index (χ4n) is 2.50. The Morgan fingerprint density at radius 2 is 1.76 bits per heavy atom. The molecule has 1 aliphatic heterocycles. The first-order valence-corrected chi connectivity index (χ1v) is 7.62. The smallest absolute Gasteiger partial charge is 0.119 e. The van der Waals surface area contributed by atoms with Gasteiger partial charge in [0.25, 0.3) is 0 Å². The summed E-state index contributed by atoms with van der Waals surface area (Å²) in [6, 6.07) is 7.70. The standard InChI is InChI=1S/C16H26N2O3/c1-19-14-2-4-15(5-3-14)21-13-11-18-9-6-16(7-10-18)20-12-8-17/h2-5,16H,6-13,17H2,1H3. The number of rotatable bonds is 8. The predicted molar refractivity (Wildman–Crippen MR) is 83.0 cm³/mol. The lowest BCUT2D eigenvalue weighted by molar-refractivity contribution is 0.00924. The molecule has 5 nitrogen and oxygen atoms in total. The average Bonchev–Trinajstić information content (AvgIpc) is 2.55. The third-order valence-electron chi connectivity index (χ3n) is 3.74. The Bertz CT molecular complexity index is 389. The number of nitrogens with zero attached hydrogens (tertiary/aromatic N) is 1. The van der Waals surface area contributed by atoms with E-state index < -0.39 is 0 Å². The Hall–Kier alpha value is -1.30. The van der Waals surface area contributed by atoms with Crippen LogP contribution in [-0.4, -0.2) is 57.5 Å². The summed E-state index contributed by atoms with van der Waals surface area (Å²) < 4.78 is 16.6. The molecule has 1 aromatic carbocycles. The number of likely N-dealkylation sites (tertiary alicyclic amines) is 1. The monoisotopic (exact) mass is 294 g/mol. The van der Waals surface area contributed by atoms with Gasteiger partial charge in [-0.05, 0) is 37.1 Å². The first-order chi connectivity index (χ1) is 10.3. The van der Waals surface area contributed by atoms with Crippen molar-refractivity contribution in [3.8, 4) is 11.5 Å². The number of piperidine rings is 1. The van der Waals surface area contributed by atoms with Crippen LogP contribution in [0.2, 0.25) is 0 Å². The summed E-state index contributed by atoms with van der Waals surface area (Å²) in [5, 5.41) is 0. The molecule has 2 rings (SSSR count). The molecular formula is C16H26N2O3. The molecule has 118 valence electrons. The molecule has 0 bridgehead atoms. The molecule has 0 aromatic heterocycles. The lowest BCUT2D eigenvalue weighted by Crippen LogP contribution is -2.39. The van der Waals surface area contributed by atoms with Gasteiger partial charge in [0.05, 0.1) is 19.8 Å². The normalized spacial score (nSPS) is 16.9. The van der Waals surface area contributed by atoms with Crippen molar-refractivity contribution in [1.82, 2.24) is 4.90 Å². The van der Waals surface area contributed by atoms with E-state index in [2.05, 4.69) is 4.90 Å². The van der Waals surface area contributed by atoms with E-state index in [0.29, 0.717) is 25.9 Å². The molecule has 0 amide bonds. The maximum atomic E-state index is 5.75. The Labute approximate surface area is 127 Å². The highest BCUT2D eigenvalue weighted by atomic mass is 16.5. The summed E-state index contributed by atoms with van der Waals surface area (Å²) in [6.45, 7) is 5.08. The second-order valence-corrected chi connectivity index (χ2v) is 5.22. The third kappa shape index (κ3) is 5.53. The highest BCUT2D eigenvalue weighted by molar-refractivity contribution is 5.31. The molecule has 0 saturated carbocycles. The summed E-state index contributed by atoms with van der Waals surface area (Å²) >= 11 is 0. The Balaban J connectivity index is 1.61. The predicted octanol–water partition coefficient (Wildman–Crippen LogP) is 1.51. The fourth-order valence-corrected chi connectivity index (χ4v) is 2.50. The molecule has 0 spiro atoms. The number of nitrogens with two attached hydrogens (primary N) is 1. The third-order valence-corrected chi connectivity index (χ3v) is 3.74. The van der Waals surface area contributed by atoms with Crippen LogP contribution in [0, 0.1) is 0 Å². The van der Waals surface area contributed by atoms with Crippen molar-refractivity contribution >= 4 is 0 Å². The molecule has 1 aromatic rings. The molecule has 0 unspecified atom stereocenters. The van der Waals surface area contributed by atoms with E-state index in [0.717, 1.165) is 44.0 Å². The van der Waals surface area contributed by atoms with E-state index in [4.69, 9.17) is 19.9 Å². The summed E-state index contributed by atoms with van der Waals surface area (Å²) in [7, 11) is 1.66. The molecule has 5 heteroatoms. The van der Waals surface area contributed by atoms with E-state index >= 15 is 0 Å². The molecule has 1 aliphatic rings. The van der Waals surface area contributed by atoms with Crippen molar-refractivity contribution < 1.29 is 14.2 Å². The molecule has 1 heterocycles. The number of hydrogen-bond acceptors (Lipinski definition) is 5. The van der Waals surface area contributed by atoms with E-state index in [1.165, 1.54) is 0 Å². The minimum Gasteiger partial charge on any atom is -0.497 e. The largest absolute Gasteiger partial charge is 0.497 e. The lowest BCUT2D eigenvalue weighted by atomic mass is 10.1. The van der Waals surface area contributed by atoms with Crippen molar-refractivity contribution in [3.05, 3.63) is 24.3 Å². The molecule has 1 saturated heterocycles. The van der Waals surface area contributed by atoms with Crippen LogP contribution in [0.3, 0.4) is 0 Å². The molecule has 1 fully saturated rings. The zero-order valence-corrected chi connectivity index (χ0v) is 12.8. The van der Waals surface area contributed by atoms with Gasteiger partial charge in [-0.25, -0.2) is 0 Å². The quantitative estimate of drug-likeness (QED) is 0.787. The lowest BCUT2D eigenvalue weighted by Gasteiger charge is -2.31. The maximum Gasteiger partial charge on any atom is 0.119 e. The minimum atomic E-state index is 0.382. The van der Waals surface area contributed by atoms with Crippen molar-refractivity contribution in [2.24, 2.45) is 5.73 Å². The van der Waals surface area contributed by atoms with E-state index in [1.807, 2.05) is 24.3 Å². The minimum absolute atomic E-state index is 0.382. The van der Waals surface area contributed by atoms with Gasteiger partial charge in [-0.15, -0.1) is 0 Å². The fraction of sp³-hybridized carbons (Fsp3) is 0.625. The zero-order valence-electron chi connectivity index (χ0n) is 12.8. The van der Waals surface area contributed by atoms with Crippen LogP contribution < -0.4 is 15.2 Å². The van der Waals surface area contributed by atoms with Gasteiger partial charge in [0.1, 0.15) is 18.1 Å². The van der Waals surface area contributed by atoms with Crippen molar-refractivity contribution in [2.75, 3.05) is 46.5 Å². The molecule has 2 N–H and O–H groups in total. The van der Waals surface area contributed by atoms with Crippen LogP contribution in [-0.2, 0) is 4.74 Å². The maximum absolute atomic E-state index is 5.75. The van der Waals surface area contributed by atoms with Crippen molar-refractivity contribution in [2.45, 2.75) is 18.9 Å². The van der Waals surface area contributed by atoms with Crippen LogP contribution in [0.1, 0.15) is 12.8 Å². The van der Waals surface area contributed by atoms with Gasteiger partial charge >= 0.3 is 0 Å². The molecule has 21 heavy (non-hydrogen) atoms. The number of ether oxygens (including phenoxy) is 3. The molecule has 0 radical (unpaired) electrons. The number of hydrogen-bond donors (Lipinski definition) is 1. The number of benzene rings is 1. The van der Waals surface area contributed by atoms with Gasteiger partial charge in [0, 0.05) is 26.2 Å². The van der Waals surface area contributed by atoms with Crippen molar-refractivity contribution in [3.63, 3.8) is 0 Å². The number of methoxy groups -OCH3 is 1. The van der Waals surface area contributed by atoms with E-state index in [9.17, 15) is 0 Å². The van der Waals surface area contributed by atoms with E-state index in [1.54, 1.807) is 7.11 Å². The van der Waals surface area contributed by atoms with Gasteiger partial charge < -0.3 is 19.9 Å². The molecule has 0 atom stereocenters. The van der Waals surface area contributed by atoms with Crippen LogP contribution in [0.5, 0.6) is 11.5 Å². The summed E-state index contributed by atoms with van der Waals surface area (Å²) in [6.07, 6.45) is 2.55. The van der Waals surface area contributed by atoms with Crippen LogP contribution in [0.15, 0.2) is 24.3 Å². The Morgan fingerprint density at radius 1 is 1.10 bits per heavy atom. The summed E-state index contributed by atoms with van der Waals surface area (Å²) in [5.41, 5.74) is 5.45. The van der Waals surface area contributed by atoms with E-state index in [-0.39, 0.29) is 0 Å². The average molecular weight is 294 g/mol. The summed E-state index contributed by atoms with van der Waals surface area (Å²) in [4.78, 5) is 2.42. The van der Waals surface area contributed by atoms with Gasteiger partial charge in [-0.2, -0.15) is 0 Å². The molecule has 0 aliphatic carbocycles. The van der Waals surface area contributed by atoms with Crippen LogP contribution >= 0.6 is 0 Å². The van der Waals surface area contributed by atoms with Crippen LogP contribution in [0.4, 0.5) is 0 Å². The molecular weight excluding hydrogens is 268 g/mol. The van der Waals surface area contributed by atoms with Gasteiger partial charge in [0.15, 0.2) is 0 Å². The zero-order chi connectivity index (χ0) is 14.9. The summed E-state index contributed by atoms with van der Waals surface area (Å²) in [5.74, 6) is 1.74. The van der Waals surface area contributed by atoms with Gasteiger partial charge in [-0.3, -0.25) is 4.90 Å². The second kappa shape index (κ2) is 8.87. The first-order valence-electron chi connectivity index (χ1n) is 7.62. The van der Waals surface area contributed by atoms with Crippen molar-refractivity contribution in [1.29, 1.82) is 0 Å². The Kier molecular flexibility index (Phi) is 6.79. The highest BCUT2D eigenvalue weighted by Crippen LogP contribution is 2.17. The van der Waals surface area contributed by atoms with Crippen LogP contribution in [0.25, 0.3) is 0 Å². The first kappa shape index (κ1) is 16.1. The van der Waals surface area contributed by atoms with Gasteiger partial charge in [-0.1, -0.05) is 0 Å².